The molecule has 0 aliphatic rings. The number of rotatable bonds is 2. The van der Waals surface area contributed by atoms with E-state index in [9.17, 15) is 4.79 Å². The van der Waals surface area contributed by atoms with Gasteiger partial charge in [0.15, 0.2) is 0 Å². The molecule has 5 heteroatoms. The van der Waals surface area contributed by atoms with Gasteiger partial charge in [0.2, 0.25) is 5.91 Å². The molecular weight excluding hydrogens is 274 g/mol. The van der Waals surface area contributed by atoms with Gasteiger partial charge in [-0.15, -0.1) is 0 Å². The highest BCUT2D eigenvalue weighted by Crippen LogP contribution is 2.28. The smallest absolute Gasteiger partial charge is 0.250 e. The van der Waals surface area contributed by atoms with Crippen molar-refractivity contribution in [2.75, 3.05) is 0 Å². The van der Waals surface area contributed by atoms with Crippen molar-refractivity contribution in [3.05, 3.63) is 59.5 Å². The highest BCUT2D eigenvalue weighted by Gasteiger charge is 2.08. The summed E-state index contributed by atoms with van der Waals surface area (Å²) in [4.78, 5) is 19.7. The Morgan fingerprint density at radius 2 is 1.85 bits per heavy atom. The first kappa shape index (κ1) is 12.6. The number of nitrogens with zero attached hydrogens (tertiary/aromatic N) is 2. The Balaban J connectivity index is 2.26. The van der Waals surface area contributed by atoms with Crippen LogP contribution in [0.3, 0.4) is 0 Å². The summed E-state index contributed by atoms with van der Waals surface area (Å²) in [6, 6.07) is 9.14. The topological polar surface area (TPSA) is 68.9 Å². The second-order valence-electron chi connectivity index (χ2n) is 4.35. The largest absolute Gasteiger partial charge is 0.366 e. The minimum Gasteiger partial charge on any atom is -0.366 e. The lowest BCUT2D eigenvalue weighted by molar-refractivity contribution is 0.1000. The number of halogens is 1. The van der Waals surface area contributed by atoms with Crippen LogP contribution in [0.5, 0.6) is 0 Å². The van der Waals surface area contributed by atoms with Gasteiger partial charge in [-0.2, -0.15) is 0 Å². The van der Waals surface area contributed by atoms with E-state index in [1.165, 1.54) is 6.20 Å². The molecule has 0 spiro atoms. The molecule has 20 heavy (non-hydrogen) atoms. The van der Waals surface area contributed by atoms with Crippen LogP contribution < -0.4 is 5.73 Å². The van der Waals surface area contributed by atoms with Crippen LogP contribution in [-0.4, -0.2) is 15.9 Å². The van der Waals surface area contributed by atoms with Gasteiger partial charge < -0.3 is 5.73 Å². The number of benzene rings is 1. The van der Waals surface area contributed by atoms with Crippen molar-refractivity contribution in [3.8, 4) is 11.1 Å². The Morgan fingerprint density at radius 3 is 2.55 bits per heavy atom. The number of fused-ring (bicyclic) bond motifs is 1. The molecule has 0 aliphatic heterocycles. The van der Waals surface area contributed by atoms with Crippen molar-refractivity contribution in [1.82, 2.24) is 9.97 Å². The standard InChI is InChI=1S/C15H10ClN3O/c16-11-3-1-9(2-4-11)13-7-18-8-14-12(13)5-10(6-19-14)15(17)20/h1-8H,(H2,17,20). The summed E-state index contributed by atoms with van der Waals surface area (Å²) in [5, 5.41) is 1.50. The molecule has 1 amide bonds. The predicted octanol–water partition coefficient (Wildman–Crippen LogP) is 3.05. The van der Waals surface area contributed by atoms with Crippen LogP contribution in [0, 0.1) is 0 Å². The van der Waals surface area contributed by atoms with Gasteiger partial charge >= 0.3 is 0 Å². The molecule has 0 saturated carbocycles. The maximum atomic E-state index is 11.3. The minimum absolute atomic E-state index is 0.374. The highest BCUT2D eigenvalue weighted by atomic mass is 35.5. The Labute approximate surface area is 120 Å². The van der Waals surface area contributed by atoms with Gasteiger partial charge in [-0.3, -0.25) is 14.8 Å². The van der Waals surface area contributed by atoms with E-state index in [4.69, 9.17) is 17.3 Å². The number of carbonyl (C=O) groups excluding carboxylic acids is 1. The van der Waals surface area contributed by atoms with Gasteiger partial charge in [0, 0.05) is 28.4 Å². The number of aromatic nitrogens is 2. The monoisotopic (exact) mass is 283 g/mol. The van der Waals surface area contributed by atoms with Crippen molar-refractivity contribution in [2.24, 2.45) is 5.73 Å². The van der Waals surface area contributed by atoms with E-state index in [0.717, 1.165) is 16.5 Å². The fourth-order valence-corrected chi connectivity index (χ4v) is 2.17. The number of amides is 1. The zero-order chi connectivity index (χ0) is 14.1. The predicted molar refractivity (Wildman–Crippen MR) is 78.5 cm³/mol. The third-order valence-corrected chi connectivity index (χ3v) is 3.30. The molecular formula is C15H10ClN3O. The SMILES string of the molecule is NC(=O)c1cnc2cncc(-c3ccc(Cl)cc3)c2c1. The van der Waals surface area contributed by atoms with Crippen LogP contribution >= 0.6 is 11.6 Å². The van der Waals surface area contributed by atoms with Crippen LogP contribution in [0.15, 0.2) is 48.9 Å². The molecule has 0 atom stereocenters. The summed E-state index contributed by atoms with van der Waals surface area (Å²) in [6.07, 6.45) is 4.84. The molecule has 0 fully saturated rings. The van der Waals surface area contributed by atoms with Gasteiger partial charge in [-0.05, 0) is 23.8 Å². The zero-order valence-electron chi connectivity index (χ0n) is 10.4. The summed E-state index contributed by atoms with van der Waals surface area (Å²) < 4.78 is 0. The molecule has 0 bridgehead atoms. The number of hydrogen-bond donors (Lipinski definition) is 1. The quantitative estimate of drug-likeness (QED) is 0.786. The van der Waals surface area contributed by atoms with Crippen molar-refractivity contribution in [2.45, 2.75) is 0 Å². The van der Waals surface area contributed by atoms with E-state index in [0.29, 0.717) is 16.1 Å². The van der Waals surface area contributed by atoms with Crippen molar-refractivity contribution < 1.29 is 4.79 Å². The Morgan fingerprint density at radius 1 is 1.10 bits per heavy atom. The van der Waals surface area contributed by atoms with E-state index >= 15 is 0 Å². The average Bonchev–Trinajstić information content (AvgIpc) is 2.47. The summed E-state index contributed by atoms with van der Waals surface area (Å²) in [7, 11) is 0. The maximum absolute atomic E-state index is 11.3. The molecule has 3 aromatic rings. The second-order valence-corrected chi connectivity index (χ2v) is 4.79. The second kappa shape index (κ2) is 4.90. The van der Waals surface area contributed by atoms with E-state index < -0.39 is 5.91 Å². The molecule has 98 valence electrons. The normalized spacial score (nSPS) is 10.7. The maximum Gasteiger partial charge on any atom is 0.250 e. The molecule has 3 rings (SSSR count). The van der Waals surface area contributed by atoms with Crippen molar-refractivity contribution in [1.29, 1.82) is 0 Å². The minimum atomic E-state index is -0.502. The Hall–Kier alpha value is -2.46. The lowest BCUT2D eigenvalue weighted by atomic mass is 10.0. The van der Waals surface area contributed by atoms with Gasteiger partial charge in [0.1, 0.15) is 0 Å². The fraction of sp³-hybridized carbons (Fsp3) is 0. The zero-order valence-corrected chi connectivity index (χ0v) is 11.1. The van der Waals surface area contributed by atoms with Crippen LogP contribution in [0.4, 0.5) is 0 Å². The first-order valence-electron chi connectivity index (χ1n) is 5.94. The molecule has 2 N–H and O–H groups in total. The molecule has 2 aromatic heterocycles. The van der Waals surface area contributed by atoms with Crippen LogP contribution in [-0.2, 0) is 0 Å². The first-order valence-corrected chi connectivity index (χ1v) is 6.32. The Kier molecular flexibility index (Phi) is 3.08. The van der Waals surface area contributed by atoms with Crippen LogP contribution in [0.2, 0.25) is 5.02 Å². The van der Waals surface area contributed by atoms with Crippen LogP contribution in [0.1, 0.15) is 10.4 Å². The number of carbonyl (C=O) groups is 1. The first-order chi connectivity index (χ1) is 9.65. The van der Waals surface area contributed by atoms with E-state index in [1.54, 1.807) is 30.6 Å². The highest BCUT2D eigenvalue weighted by molar-refractivity contribution is 6.30. The number of pyridine rings is 2. The van der Waals surface area contributed by atoms with Crippen LogP contribution in [0.25, 0.3) is 22.0 Å². The number of hydrogen-bond acceptors (Lipinski definition) is 3. The average molecular weight is 284 g/mol. The van der Waals surface area contributed by atoms with Gasteiger partial charge in [-0.1, -0.05) is 23.7 Å². The molecule has 2 heterocycles. The molecule has 4 nitrogen and oxygen atoms in total. The fourth-order valence-electron chi connectivity index (χ4n) is 2.04. The number of primary amides is 1. The summed E-state index contributed by atoms with van der Waals surface area (Å²) in [5.41, 5.74) is 8.22. The molecule has 0 unspecified atom stereocenters. The van der Waals surface area contributed by atoms with E-state index in [1.807, 2.05) is 12.1 Å². The van der Waals surface area contributed by atoms with Crippen molar-refractivity contribution in [3.63, 3.8) is 0 Å². The summed E-state index contributed by atoms with van der Waals surface area (Å²) in [5.74, 6) is -0.502. The van der Waals surface area contributed by atoms with Gasteiger partial charge in [-0.25, -0.2) is 0 Å². The third-order valence-electron chi connectivity index (χ3n) is 3.05. The summed E-state index contributed by atoms with van der Waals surface area (Å²) in [6.45, 7) is 0. The van der Waals surface area contributed by atoms with Gasteiger partial charge in [0.05, 0.1) is 17.3 Å². The summed E-state index contributed by atoms with van der Waals surface area (Å²) >= 11 is 5.89. The molecule has 0 saturated heterocycles. The molecule has 1 aromatic carbocycles. The Bertz CT molecular complexity index is 800. The van der Waals surface area contributed by atoms with E-state index in [2.05, 4.69) is 9.97 Å². The third kappa shape index (κ3) is 2.21. The lowest BCUT2D eigenvalue weighted by Gasteiger charge is -2.07. The molecule has 0 aliphatic carbocycles. The lowest BCUT2D eigenvalue weighted by Crippen LogP contribution is -2.11. The van der Waals surface area contributed by atoms with E-state index in [-0.39, 0.29) is 0 Å². The molecule has 0 radical (unpaired) electrons. The van der Waals surface area contributed by atoms with Crippen molar-refractivity contribution >= 4 is 28.4 Å². The van der Waals surface area contributed by atoms with Gasteiger partial charge in [0.25, 0.3) is 0 Å². The number of nitrogens with two attached hydrogens (primary N) is 1.